The Hall–Kier alpha value is -1.28. The normalized spacial score (nSPS) is 11.1. The molecule has 0 radical (unpaired) electrons. The Morgan fingerprint density at radius 3 is 2.62 bits per heavy atom. The molecule has 0 atom stereocenters. The van der Waals surface area contributed by atoms with Crippen LogP contribution in [0.2, 0.25) is 5.15 Å². The van der Waals surface area contributed by atoms with E-state index in [1.807, 2.05) is 24.4 Å². The standard InChI is InChI=1S/C13H14ClNO/c1-8(2)12-7-15-13(14)11-6-9(16-3)4-5-10(11)12/h4-8H,1-3H3. The molecule has 0 aliphatic carbocycles. The lowest BCUT2D eigenvalue weighted by molar-refractivity contribution is 0.415. The molecule has 0 N–H and O–H groups in total. The number of ether oxygens (including phenoxy) is 1. The van der Waals surface area contributed by atoms with Crippen LogP contribution in [0.15, 0.2) is 24.4 Å². The molecule has 0 saturated carbocycles. The van der Waals surface area contributed by atoms with Crippen LogP contribution in [-0.2, 0) is 0 Å². The number of methoxy groups -OCH3 is 1. The third kappa shape index (κ3) is 1.85. The van der Waals surface area contributed by atoms with Gasteiger partial charge < -0.3 is 4.74 Å². The maximum Gasteiger partial charge on any atom is 0.136 e. The lowest BCUT2D eigenvalue weighted by Gasteiger charge is -2.11. The van der Waals surface area contributed by atoms with Gasteiger partial charge in [-0.2, -0.15) is 0 Å². The largest absolute Gasteiger partial charge is 0.497 e. The van der Waals surface area contributed by atoms with Gasteiger partial charge in [-0.05, 0) is 29.0 Å². The summed E-state index contributed by atoms with van der Waals surface area (Å²) in [4.78, 5) is 4.21. The molecule has 0 saturated heterocycles. The molecule has 3 heteroatoms. The monoisotopic (exact) mass is 235 g/mol. The average molecular weight is 236 g/mol. The third-order valence-corrected chi connectivity index (χ3v) is 3.00. The fourth-order valence-corrected chi connectivity index (χ4v) is 2.00. The van der Waals surface area contributed by atoms with Gasteiger partial charge in [0.1, 0.15) is 10.9 Å². The second-order valence-electron chi connectivity index (χ2n) is 4.07. The predicted molar refractivity (Wildman–Crippen MR) is 67.4 cm³/mol. The van der Waals surface area contributed by atoms with Crippen LogP contribution in [0.4, 0.5) is 0 Å². The zero-order valence-corrected chi connectivity index (χ0v) is 10.4. The molecule has 84 valence electrons. The Labute approximate surface area is 100 Å². The average Bonchev–Trinajstić information content (AvgIpc) is 2.29. The van der Waals surface area contributed by atoms with Crippen LogP contribution in [0.25, 0.3) is 10.8 Å². The van der Waals surface area contributed by atoms with Gasteiger partial charge in [0.15, 0.2) is 0 Å². The smallest absolute Gasteiger partial charge is 0.136 e. The van der Waals surface area contributed by atoms with Gasteiger partial charge in [-0.1, -0.05) is 31.5 Å². The van der Waals surface area contributed by atoms with Crippen molar-refractivity contribution >= 4 is 22.4 Å². The van der Waals surface area contributed by atoms with E-state index >= 15 is 0 Å². The summed E-state index contributed by atoms with van der Waals surface area (Å²) < 4.78 is 5.19. The molecule has 0 aliphatic heterocycles. The SMILES string of the molecule is COc1ccc2c(C(C)C)cnc(Cl)c2c1. The number of halogens is 1. The Morgan fingerprint density at radius 2 is 2.00 bits per heavy atom. The topological polar surface area (TPSA) is 22.1 Å². The van der Waals surface area contributed by atoms with Crippen molar-refractivity contribution in [1.29, 1.82) is 0 Å². The molecule has 0 unspecified atom stereocenters. The summed E-state index contributed by atoms with van der Waals surface area (Å²) in [6, 6.07) is 5.91. The van der Waals surface area contributed by atoms with Gasteiger partial charge >= 0.3 is 0 Å². The molecule has 1 aromatic carbocycles. The summed E-state index contributed by atoms with van der Waals surface area (Å²) in [5.41, 5.74) is 1.21. The number of hydrogen-bond acceptors (Lipinski definition) is 2. The van der Waals surface area contributed by atoms with E-state index in [-0.39, 0.29) is 0 Å². The van der Waals surface area contributed by atoms with Gasteiger partial charge in [-0.15, -0.1) is 0 Å². The second-order valence-corrected chi connectivity index (χ2v) is 4.43. The zero-order chi connectivity index (χ0) is 11.7. The van der Waals surface area contributed by atoms with Crippen molar-refractivity contribution in [1.82, 2.24) is 4.98 Å². The molecule has 1 aromatic heterocycles. The first-order valence-electron chi connectivity index (χ1n) is 5.25. The summed E-state index contributed by atoms with van der Waals surface area (Å²) in [6.07, 6.45) is 1.85. The predicted octanol–water partition coefficient (Wildman–Crippen LogP) is 4.02. The molecule has 0 amide bonds. The van der Waals surface area contributed by atoms with Gasteiger partial charge in [0.05, 0.1) is 7.11 Å². The van der Waals surface area contributed by atoms with Crippen molar-refractivity contribution in [2.75, 3.05) is 7.11 Å². The number of fused-ring (bicyclic) bond motifs is 1. The minimum Gasteiger partial charge on any atom is -0.497 e. The molecule has 0 fully saturated rings. The number of rotatable bonds is 2. The molecule has 1 heterocycles. The molecule has 0 aliphatic rings. The number of benzene rings is 1. The molecular formula is C13H14ClNO. The third-order valence-electron chi connectivity index (χ3n) is 2.70. The Morgan fingerprint density at radius 1 is 1.25 bits per heavy atom. The van der Waals surface area contributed by atoms with Crippen molar-refractivity contribution in [3.8, 4) is 5.75 Å². The summed E-state index contributed by atoms with van der Waals surface area (Å²) in [5.74, 6) is 1.23. The van der Waals surface area contributed by atoms with Crippen molar-refractivity contribution in [3.05, 3.63) is 35.1 Å². The Bertz CT molecular complexity index is 523. The first-order chi connectivity index (χ1) is 7.63. The molecule has 16 heavy (non-hydrogen) atoms. The molecule has 2 aromatic rings. The van der Waals surface area contributed by atoms with E-state index in [0.29, 0.717) is 11.1 Å². The lowest BCUT2D eigenvalue weighted by Crippen LogP contribution is -1.93. The summed E-state index contributed by atoms with van der Waals surface area (Å²) >= 11 is 6.10. The summed E-state index contributed by atoms with van der Waals surface area (Å²) in [6.45, 7) is 4.29. The van der Waals surface area contributed by atoms with E-state index in [4.69, 9.17) is 16.3 Å². The fraction of sp³-hybridized carbons (Fsp3) is 0.308. The van der Waals surface area contributed by atoms with E-state index < -0.39 is 0 Å². The number of hydrogen-bond donors (Lipinski definition) is 0. The number of nitrogens with zero attached hydrogens (tertiary/aromatic N) is 1. The molecule has 0 spiro atoms. The van der Waals surface area contributed by atoms with Crippen LogP contribution < -0.4 is 4.74 Å². The Kier molecular flexibility index (Phi) is 3.01. The highest BCUT2D eigenvalue weighted by Crippen LogP contribution is 2.31. The van der Waals surface area contributed by atoms with E-state index in [2.05, 4.69) is 18.8 Å². The van der Waals surface area contributed by atoms with Gasteiger partial charge in [-0.3, -0.25) is 0 Å². The van der Waals surface area contributed by atoms with Crippen LogP contribution >= 0.6 is 11.6 Å². The van der Waals surface area contributed by atoms with Crippen LogP contribution in [0.5, 0.6) is 5.75 Å². The second kappa shape index (κ2) is 4.30. The van der Waals surface area contributed by atoms with Crippen molar-refractivity contribution in [3.63, 3.8) is 0 Å². The number of pyridine rings is 1. The van der Waals surface area contributed by atoms with Gasteiger partial charge in [0, 0.05) is 11.6 Å². The van der Waals surface area contributed by atoms with E-state index in [1.165, 1.54) is 5.56 Å². The van der Waals surface area contributed by atoms with Crippen LogP contribution in [-0.4, -0.2) is 12.1 Å². The molecule has 2 nitrogen and oxygen atoms in total. The first kappa shape index (κ1) is 11.2. The number of aromatic nitrogens is 1. The quantitative estimate of drug-likeness (QED) is 0.734. The zero-order valence-electron chi connectivity index (χ0n) is 9.62. The van der Waals surface area contributed by atoms with Gasteiger partial charge in [-0.25, -0.2) is 4.98 Å². The highest BCUT2D eigenvalue weighted by Gasteiger charge is 2.09. The highest BCUT2D eigenvalue weighted by molar-refractivity contribution is 6.34. The van der Waals surface area contributed by atoms with Gasteiger partial charge in [0.2, 0.25) is 0 Å². The Balaban J connectivity index is 2.75. The minimum atomic E-state index is 0.431. The maximum absolute atomic E-state index is 6.10. The van der Waals surface area contributed by atoms with Gasteiger partial charge in [0.25, 0.3) is 0 Å². The van der Waals surface area contributed by atoms with E-state index in [1.54, 1.807) is 7.11 Å². The molecule has 2 rings (SSSR count). The van der Waals surface area contributed by atoms with Crippen LogP contribution in [0.3, 0.4) is 0 Å². The molecule has 0 bridgehead atoms. The van der Waals surface area contributed by atoms with E-state index in [9.17, 15) is 0 Å². The minimum absolute atomic E-state index is 0.431. The summed E-state index contributed by atoms with van der Waals surface area (Å²) in [7, 11) is 1.65. The van der Waals surface area contributed by atoms with Crippen molar-refractivity contribution < 1.29 is 4.74 Å². The summed E-state index contributed by atoms with van der Waals surface area (Å²) in [5, 5.41) is 2.63. The maximum atomic E-state index is 6.10. The molecular weight excluding hydrogens is 222 g/mol. The van der Waals surface area contributed by atoms with Crippen LogP contribution in [0.1, 0.15) is 25.3 Å². The lowest BCUT2D eigenvalue weighted by atomic mass is 9.99. The van der Waals surface area contributed by atoms with Crippen molar-refractivity contribution in [2.24, 2.45) is 0 Å². The fourth-order valence-electron chi connectivity index (χ4n) is 1.80. The highest BCUT2D eigenvalue weighted by atomic mass is 35.5. The first-order valence-corrected chi connectivity index (χ1v) is 5.63. The van der Waals surface area contributed by atoms with E-state index in [0.717, 1.165) is 16.5 Å². The van der Waals surface area contributed by atoms with Crippen LogP contribution in [0, 0.1) is 0 Å². The van der Waals surface area contributed by atoms with Crippen molar-refractivity contribution in [2.45, 2.75) is 19.8 Å².